The van der Waals surface area contributed by atoms with Crippen LogP contribution in [0.1, 0.15) is 17.2 Å². The molecular weight excluding hydrogens is 404 g/mol. The van der Waals surface area contributed by atoms with E-state index in [4.69, 9.17) is 17.3 Å². The third kappa shape index (κ3) is 3.14. The molecule has 96 valence electrons. The first-order valence-corrected chi connectivity index (χ1v) is 7.90. The van der Waals surface area contributed by atoms with Crippen molar-refractivity contribution in [2.75, 3.05) is 0 Å². The Balaban J connectivity index is 2.24. The summed E-state index contributed by atoms with van der Waals surface area (Å²) in [5.74, 6) is -0.410. The highest BCUT2D eigenvalue weighted by Crippen LogP contribution is 2.36. The Bertz CT molecular complexity index is 573. The van der Waals surface area contributed by atoms with Gasteiger partial charge in [-0.15, -0.1) is 11.3 Å². The van der Waals surface area contributed by atoms with E-state index in [9.17, 15) is 4.39 Å². The van der Waals surface area contributed by atoms with Crippen LogP contribution in [0.25, 0.3) is 0 Å². The van der Waals surface area contributed by atoms with Crippen molar-refractivity contribution < 1.29 is 4.39 Å². The molecule has 0 bridgehead atoms. The predicted molar refractivity (Wildman–Crippen MR) is 81.8 cm³/mol. The quantitative estimate of drug-likeness (QED) is 0.725. The zero-order valence-electron chi connectivity index (χ0n) is 9.09. The predicted octanol–water partition coefficient (Wildman–Crippen LogP) is 5.31. The molecule has 0 radical (unpaired) electrons. The van der Waals surface area contributed by atoms with E-state index in [0.717, 1.165) is 18.7 Å². The van der Waals surface area contributed by atoms with E-state index >= 15 is 0 Å². The van der Waals surface area contributed by atoms with Gasteiger partial charge in [0.1, 0.15) is 5.82 Å². The van der Waals surface area contributed by atoms with Crippen LogP contribution in [0, 0.1) is 5.82 Å². The molecule has 1 atom stereocenters. The summed E-state index contributed by atoms with van der Waals surface area (Å²) in [4.78, 5) is 0. The highest BCUT2D eigenvalue weighted by atomic mass is 79.9. The highest BCUT2D eigenvalue weighted by Gasteiger charge is 2.16. The average molecular weight is 414 g/mol. The van der Waals surface area contributed by atoms with Crippen molar-refractivity contribution in [3.8, 4) is 0 Å². The van der Waals surface area contributed by atoms with Gasteiger partial charge in [-0.2, -0.15) is 0 Å². The van der Waals surface area contributed by atoms with Crippen molar-refractivity contribution in [1.29, 1.82) is 0 Å². The van der Waals surface area contributed by atoms with E-state index in [-0.39, 0.29) is 11.1 Å². The van der Waals surface area contributed by atoms with Gasteiger partial charge in [0.25, 0.3) is 0 Å². The lowest BCUT2D eigenvalue weighted by atomic mass is 10.0. The number of halogens is 4. The lowest BCUT2D eigenvalue weighted by molar-refractivity contribution is 0.622. The first-order valence-electron chi connectivity index (χ1n) is 5.12. The number of benzene rings is 1. The van der Waals surface area contributed by atoms with Crippen molar-refractivity contribution >= 4 is 54.8 Å². The van der Waals surface area contributed by atoms with Crippen LogP contribution < -0.4 is 5.73 Å². The molecular formula is C12H9Br2ClFNS. The second kappa shape index (κ2) is 6.01. The van der Waals surface area contributed by atoms with Crippen molar-refractivity contribution in [1.82, 2.24) is 0 Å². The molecule has 2 rings (SSSR count). The van der Waals surface area contributed by atoms with E-state index in [0.29, 0.717) is 6.42 Å². The molecule has 0 aliphatic carbocycles. The van der Waals surface area contributed by atoms with Gasteiger partial charge in [-0.25, -0.2) is 4.39 Å². The SMILES string of the molecule is NC(Cc1cccc(F)c1Cl)c1cc(Br)sc1Br. The van der Waals surface area contributed by atoms with Crippen LogP contribution in [0.4, 0.5) is 4.39 Å². The van der Waals surface area contributed by atoms with E-state index in [1.165, 1.54) is 6.07 Å². The third-order valence-electron chi connectivity index (χ3n) is 2.55. The lowest BCUT2D eigenvalue weighted by Gasteiger charge is -2.12. The van der Waals surface area contributed by atoms with Crippen molar-refractivity contribution in [2.45, 2.75) is 12.5 Å². The van der Waals surface area contributed by atoms with Crippen molar-refractivity contribution in [3.05, 3.63) is 53.8 Å². The zero-order valence-corrected chi connectivity index (χ0v) is 13.8. The molecule has 0 fully saturated rings. The van der Waals surface area contributed by atoms with E-state index in [1.807, 2.05) is 6.07 Å². The average Bonchev–Trinajstić information content (AvgIpc) is 2.64. The smallest absolute Gasteiger partial charge is 0.142 e. The van der Waals surface area contributed by atoms with Crippen LogP contribution in [-0.4, -0.2) is 0 Å². The molecule has 18 heavy (non-hydrogen) atoms. The normalized spacial score (nSPS) is 12.7. The van der Waals surface area contributed by atoms with Gasteiger partial charge in [0.2, 0.25) is 0 Å². The Morgan fingerprint density at radius 3 is 2.72 bits per heavy atom. The molecule has 6 heteroatoms. The van der Waals surface area contributed by atoms with Gasteiger partial charge in [-0.05, 0) is 61.5 Å². The maximum atomic E-state index is 13.3. The first kappa shape index (κ1) is 14.5. The summed E-state index contributed by atoms with van der Waals surface area (Å²) < 4.78 is 15.3. The standard InChI is InChI=1S/C12H9Br2ClFNS/c13-10-5-7(12(14)18-10)9(17)4-6-2-1-3-8(16)11(6)15/h1-3,5,9H,4,17H2. The van der Waals surface area contributed by atoms with Crippen molar-refractivity contribution in [2.24, 2.45) is 5.73 Å². The fourth-order valence-electron chi connectivity index (χ4n) is 1.66. The largest absolute Gasteiger partial charge is 0.324 e. The summed E-state index contributed by atoms with van der Waals surface area (Å²) in [6.45, 7) is 0. The number of rotatable bonds is 3. The van der Waals surface area contributed by atoms with Gasteiger partial charge in [-0.3, -0.25) is 0 Å². The molecule has 2 aromatic rings. The number of hydrogen-bond donors (Lipinski definition) is 1. The van der Waals surface area contributed by atoms with Crippen LogP contribution in [0.15, 0.2) is 31.8 Å². The second-order valence-corrected chi connectivity index (χ2v) is 7.93. The molecule has 1 unspecified atom stereocenters. The Hall–Kier alpha value is 0.0600. The molecule has 1 aromatic carbocycles. The van der Waals surface area contributed by atoms with Crippen LogP contribution >= 0.6 is 54.8 Å². The minimum absolute atomic E-state index is 0.151. The molecule has 1 heterocycles. The summed E-state index contributed by atoms with van der Waals surface area (Å²) in [5.41, 5.74) is 7.85. The summed E-state index contributed by atoms with van der Waals surface area (Å²) in [6, 6.07) is 6.52. The Kier molecular flexibility index (Phi) is 4.83. The molecule has 0 amide bonds. The zero-order chi connectivity index (χ0) is 13.3. The third-order valence-corrected chi connectivity index (χ3v) is 5.36. The molecule has 1 nitrogen and oxygen atoms in total. The molecule has 0 spiro atoms. The van der Waals surface area contributed by atoms with Crippen LogP contribution in [-0.2, 0) is 6.42 Å². The summed E-state index contributed by atoms with van der Waals surface area (Å²) in [7, 11) is 0. The minimum Gasteiger partial charge on any atom is -0.324 e. The Morgan fingerprint density at radius 1 is 1.39 bits per heavy atom. The first-order chi connectivity index (χ1) is 8.49. The molecule has 0 saturated heterocycles. The van der Waals surface area contributed by atoms with Gasteiger partial charge in [0.05, 0.1) is 12.6 Å². The van der Waals surface area contributed by atoms with Crippen molar-refractivity contribution in [3.63, 3.8) is 0 Å². The fourth-order valence-corrected chi connectivity index (χ4v) is 4.86. The summed E-state index contributed by atoms with van der Waals surface area (Å²) >= 11 is 14.4. The van der Waals surface area contributed by atoms with Crippen LogP contribution in [0.3, 0.4) is 0 Å². The molecule has 2 N–H and O–H groups in total. The fraction of sp³-hybridized carbons (Fsp3) is 0.167. The topological polar surface area (TPSA) is 26.0 Å². The van der Waals surface area contributed by atoms with E-state index in [1.54, 1.807) is 23.5 Å². The van der Waals surface area contributed by atoms with Crippen LogP contribution in [0.5, 0.6) is 0 Å². The molecule has 0 saturated carbocycles. The second-order valence-electron chi connectivity index (χ2n) is 3.80. The molecule has 0 aliphatic rings. The summed E-state index contributed by atoms with van der Waals surface area (Å²) in [6.07, 6.45) is 0.498. The number of hydrogen-bond acceptors (Lipinski definition) is 2. The van der Waals surface area contributed by atoms with Gasteiger partial charge < -0.3 is 5.73 Å². The van der Waals surface area contributed by atoms with Gasteiger partial charge in [0, 0.05) is 6.04 Å². The van der Waals surface area contributed by atoms with Gasteiger partial charge in [-0.1, -0.05) is 23.7 Å². The Labute approximate surface area is 130 Å². The van der Waals surface area contributed by atoms with E-state index < -0.39 is 5.82 Å². The lowest BCUT2D eigenvalue weighted by Crippen LogP contribution is -2.13. The molecule has 1 aromatic heterocycles. The maximum Gasteiger partial charge on any atom is 0.142 e. The maximum absolute atomic E-state index is 13.3. The number of nitrogens with two attached hydrogens (primary N) is 1. The molecule has 0 aliphatic heterocycles. The van der Waals surface area contributed by atoms with Gasteiger partial charge in [0.15, 0.2) is 0 Å². The van der Waals surface area contributed by atoms with Crippen LogP contribution in [0.2, 0.25) is 5.02 Å². The summed E-state index contributed by atoms with van der Waals surface area (Å²) in [5, 5.41) is 0.151. The minimum atomic E-state index is -0.410. The Morgan fingerprint density at radius 2 is 2.11 bits per heavy atom. The monoisotopic (exact) mass is 411 g/mol. The highest BCUT2D eigenvalue weighted by molar-refractivity contribution is 9.12. The number of thiophene rings is 1. The van der Waals surface area contributed by atoms with E-state index in [2.05, 4.69) is 31.9 Å². The van der Waals surface area contributed by atoms with Gasteiger partial charge >= 0.3 is 0 Å².